The zero-order valence-corrected chi connectivity index (χ0v) is 16.5. The van der Waals surface area contributed by atoms with Gasteiger partial charge < -0.3 is 20.1 Å². The second-order valence-electron chi connectivity index (χ2n) is 6.23. The summed E-state index contributed by atoms with van der Waals surface area (Å²) in [5, 5.41) is 5.69. The van der Waals surface area contributed by atoms with Crippen molar-refractivity contribution in [3.63, 3.8) is 0 Å². The van der Waals surface area contributed by atoms with Crippen molar-refractivity contribution in [2.24, 2.45) is 0 Å². The molecule has 1 heterocycles. The van der Waals surface area contributed by atoms with Gasteiger partial charge in [-0.05, 0) is 65.2 Å². The van der Waals surface area contributed by atoms with E-state index < -0.39 is 0 Å². The van der Waals surface area contributed by atoms with Crippen molar-refractivity contribution in [1.82, 2.24) is 5.32 Å². The summed E-state index contributed by atoms with van der Waals surface area (Å²) < 4.78 is 11.4. The predicted octanol–water partition coefficient (Wildman–Crippen LogP) is 3.62. The molecule has 27 heavy (non-hydrogen) atoms. The Balaban J connectivity index is 1.63. The van der Waals surface area contributed by atoms with Crippen molar-refractivity contribution in [3.8, 4) is 5.75 Å². The molecule has 1 aliphatic heterocycles. The summed E-state index contributed by atoms with van der Waals surface area (Å²) in [6.07, 6.45) is 2.09. The number of hydrogen-bond donors (Lipinski definition) is 2. The first-order valence-electron chi connectivity index (χ1n) is 8.71. The topological polar surface area (TPSA) is 76.7 Å². The molecule has 0 spiro atoms. The number of ether oxygens (including phenoxy) is 2. The summed E-state index contributed by atoms with van der Waals surface area (Å²) in [5.74, 6) is 0.195. The minimum Gasteiger partial charge on any atom is -0.496 e. The van der Waals surface area contributed by atoms with E-state index in [0.29, 0.717) is 33.6 Å². The molecule has 0 aromatic heterocycles. The number of rotatable bonds is 6. The number of amides is 2. The normalized spacial score (nSPS) is 16.0. The van der Waals surface area contributed by atoms with E-state index in [9.17, 15) is 9.59 Å². The van der Waals surface area contributed by atoms with Crippen LogP contribution in [-0.4, -0.2) is 38.2 Å². The maximum atomic E-state index is 12.5. The summed E-state index contributed by atoms with van der Waals surface area (Å²) in [6, 6.07) is 11.9. The van der Waals surface area contributed by atoms with Crippen LogP contribution in [0.1, 0.15) is 33.6 Å². The van der Waals surface area contributed by atoms with Gasteiger partial charge in [-0.25, -0.2) is 0 Å². The van der Waals surface area contributed by atoms with E-state index in [2.05, 4.69) is 26.6 Å². The number of methoxy groups -OCH3 is 1. The molecular formula is C20H21BrN2O4. The molecule has 142 valence electrons. The Morgan fingerprint density at radius 3 is 2.70 bits per heavy atom. The van der Waals surface area contributed by atoms with Crippen molar-refractivity contribution in [2.45, 2.75) is 18.9 Å². The molecule has 1 atom stereocenters. The van der Waals surface area contributed by atoms with Gasteiger partial charge in [-0.2, -0.15) is 0 Å². The van der Waals surface area contributed by atoms with Gasteiger partial charge in [0, 0.05) is 30.0 Å². The third-order valence-corrected chi connectivity index (χ3v) is 4.93. The van der Waals surface area contributed by atoms with Gasteiger partial charge in [0.1, 0.15) is 5.75 Å². The molecule has 0 bridgehead atoms. The number of benzene rings is 2. The molecule has 0 aliphatic carbocycles. The maximum Gasteiger partial charge on any atom is 0.255 e. The molecule has 0 unspecified atom stereocenters. The highest BCUT2D eigenvalue weighted by molar-refractivity contribution is 9.10. The molecule has 0 radical (unpaired) electrons. The molecule has 2 aromatic rings. The van der Waals surface area contributed by atoms with Crippen molar-refractivity contribution in [2.75, 3.05) is 25.6 Å². The van der Waals surface area contributed by atoms with Gasteiger partial charge in [0.15, 0.2) is 0 Å². The Bertz CT molecular complexity index is 834. The summed E-state index contributed by atoms with van der Waals surface area (Å²) in [7, 11) is 1.56. The van der Waals surface area contributed by atoms with E-state index in [1.54, 1.807) is 49.6 Å². The molecule has 2 N–H and O–H groups in total. The lowest BCUT2D eigenvalue weighted by molar-refractivity contribution is 0.0857. The minimum atomic E-state index is -0.268. The van der Waals surface area contributed by atoms with Crippen LogP contribution >= 0.6 is 15.9 Å². The standard InChI is InChI=1S/C20H21BrN2O4/c1-26-18-8-7-14(11-17(18)21)20(25)23-15-5-2-4-13(10-15)19(24)22-12-16-6-3-9-27-16/h2,4-5,7-8,10-11,16H,3,6,9,12H2,1H3,(H,22,24)(H,23,25)/t16-/m0/s1. The molecule has 2 amide bonds. The van der Waals surface area contributed by atoms with Gasteiger partial charge in [0.25, 0.3) is 11.8 Å². The van der Waals surface area contributed by atoms with Gasteiger partial charge in [-0.15, -0.1) is 0 Å². The van der Waals surface area contributed by atoms with E-state index >= 15 is 0 Å². The zero-order valence-electron chi connectivity index (χ0n) is 15.0. The van der Waals surface area contributed by atoms with Crippen LogP contribution in [-0.2, 0) is 4.74 Å². The van der Waals surface area contributed by atoms with Crippen LogP contribution in [0.5, 0.6) is 5.75 Å². The third kappa shape index (κ3) is 5.08. The quantitative estimate of drug-likeness (QED) is 0.730. The fraction of sp³-hybridized carbons (Fsp3) is 0.300. The summed E-state index contributed by atoms with van der Waals surface area (Å²) in [6.45, 7) is 1.25. The Kier molecular flexibility index (Phi) is 6.47. The van der Waals surface area contributed by atoms with E-state index in [4.69, 9.17) is 9.47 Å². The number of carbonyl (C=O) groups excluding carboxylic acids is 2. The van der Waals surface area contributed by atoms with Crippen LogP contribution in [0.2, 0.25) is 0 Å². The lowest BCUT2D eigenvalue weighted by Gasteiger charge is -2.12. The number of hydrogen-bond acceptors (Lipinski definition) is 4. The Labute approximate surface area is 166 Å². The summed E-state index contributed by atoms with van der Waals surface area (Å²) >= 11 is 3.37. The first kappa shape index (κ1) is 19.4. The third-order valence-electron chi connectivity index (χ3n) is 4.31. The predicted molar refractivity (Wildman–Crippen MR) is 106 cm³/mol. The molecule has 0 saturated carbocycles. The van der Waals surface area contributed by atoms with Crippen LogP contribution in [0.3, 0.4) is 0 Å². The maximum absolute atomic E-state index is 12.5. The number of halogens is 1. The highest BCUT2D eigenvalue weighted by Crippen LogP contribution is 2.26. The Morgan fingerprint density at radius 1 is 1.19 bits per heavy atom. The molecular weight excluding hydrogens is 412 g/mol. The van der Waals surface area contributed by atoms with Crippen molar-refractivity contribution >= 4 is 33.4 Å². The fourth-order valence-electron chi connectivity index (χ4n) is 2.86. The molecule has 7 heteroatoms. The lowest BCUT2D eigenvalue weighted by atomic mass is 10.1. The molecule has 1 fully saturated rings. The van der Waals surface area contributed by atoms with Crippen molar-refractivity contribution in [3.05, 3.63) is 58.1 Å². The SMILES string of the molecule is COc1ccc(C(=O)Nc2cccc(C(=O)NC[C@@H]3CCCO3)c2)cc1Br. The van der Waals surface area contributed by atoms with Crippen LogP contribution in [0.4, 0.5) is 5.69 Å². The lowest BCUT2D eigenvalue weighted by Crippen LogP contribution is -2.31. The van der Waals surface area contributed by atoms with Gasteiger partial charge >= 0.3 is 0 Å². The highest BCUT2D eigenvalue weighted by Gasteiger charge is 2.17. The van der Waals surface area contributed by atoms with Crippen LogP contribution in [0.15, 0.2) is 46.9 Å². The van der Waals surface area contributed by atoms with Crippen molar-refractivity contribution < 1.29 is 19.1 Å². The van der Waals surface area contributed by atoms with Crippen molar-refractivity contribution in [1.29, 1.82) is 0 Å². The number of nitrogens with one attached hydrogen (secondary N) is 2. The Morgan fingerprint density at radius 2 is 2.00 bits per heavy atom. The second-order valence-corrected chi connectivity index (χ2v) is 7.08. The van der Waals surface area contributed by atoms with Crippen LogP contribution in [0, 0.1) is 0 Å². The second kappa shape index (κ2) is 9.01. The van der Waals surface area contributed by atoms with Crippen LogP contribution in [0.25, 0.3) is 0 Å². The number of carbonyl (C=O) groups is 2. The largest absolute Gasteiger partial charge is 0.496 e. The zero-order chi connectivity index (χ0) is 19.2. The van der Waals surface area contributed by atoms with Gasteiger partial charge in [0.2, 0.25) is 0 Å². The summed E-state index contributed by atoms with van der Waals surface area (Å²) in [4.78, 5) is 24.8. The molecule has 1 saturated heterocycles. The van der Waals surface area contributed by atoms with Gasteiger partial charge in [-0.1, -0.05) is 6.07 Å². The van der Waals surface area contributed by atoms with Gasteiger partial charge in [0.05, 0.1) is 17.7 Å². The summed E-state index contributed by atoms with van der Waals surface area (Å²) in [5.41, 5.74) is 1.52. The monoisotopic (exact) mass is 432 g/mol. The first-order chi connectivity index (χ1) is 13.1. The van der Waals surface area contributed by atoms with E-state index in [1.807, 2.05) is 0 Å². The van der Waals surface area contributed by atoms with Crippen LogP contribution < -0.4 is 15.4 Å². The molecule has 2 aromatic carbocycles. The smallest absolute Gasteiger partial charge is 0.255 e. The average molecular weight is 433 g/mol. The van der Waals surface area contributed by atoms with Gasteiger partial charge in [-0.3, -0.25) is 9.59 Å². The first-order valence-corrected chi connectivity index (χ1v) is 9.51. The van der Waals surface area contributed by atoms with E-state index in [0.717, 1.165) is 19.4 Å². The fourth-order valence-corrected chi connectivity index (χ4v) is 3.40. The molecule has 6 nitrogen and oxygen atoms in total. The number of anilines is 1. The average Bonchev–Trinajstić information content (AvgIpc) is 3.20. The molecule has 3 rings (SSSR count). The minimum absolute atomic E-state index is 0.0883. The van der Waals surface area contributed by atoms with E-state index in [1.165, 1.54) is 0 Å². The van der Waals surface area contributed by atoms with E-state index in [-0.39, 0.29) is 17.9 Å². The Hall–Kier alpha value is -2.38. The molecule has 1 aliphatic rings. The highest BCUT2D eigenvalue weighted by atomic mass is 79.9.